The molecule has 0 aliphatic rings. The first-order valence-corrected chi connectivity index (χ1v) is 13.4. The van der Waals surface area contributed by atoms with Crippen molar-refractivity contribution < 1.29 is 32.6 Å². The molecule has 3 amide bonds. The number of carbonyl (C=O) groups excluding carboxylic acids is 3. The highest BCUT2D eigenvalue weighted by molar-refractivity contribution is 6.02. The number of nitrogens with one attached hydrogen (secondary N) is 2. The van der Waals surface area contributed by atoms with E-state index in [1.54, 1.807) is 31.2 Å². The van der Waals surface area contributed by atoms with Crippen molar-refractivity contribution >= 4 is 23.7 Å². The van der Waals surface area contributed by atoms with Crippen LogP contribution in [0, 0.1) is 17.6 Å². The third kappa shape index (κ3) is 9.20. The zero-order valence-electron chi connectivity index (χ0n) is 23.7. The quantitative estimate of drug-likeness (QED) is 0.209. The molecule has 0 fully saturated rings. The van der Waals surface area contributed by atoms with Crippen LogP contribution in [0.1, 0.15) is 59.5 Å². The molecular weight excluding hydrogens is 546 g/mol. The number of aliphatic imine (C=N–C) groups is 1. The molecule has 4 N–H and O–H groups in total. The number of ether oxygens (including phenoxy) is 2. The highest BCUT2D eigenvalue weighted by atomic mass is 19.1. The number of nitrogens with two attached hydrogens (primary N) is 1. The van der Waals surface area contributed by atoms with Crippen molar-refractivity contribution in [1.29, 1.82) is 0 Å². The second kappa shape index (κ2) is 15.4. The maximum atomic E-state index is 15.0. The van der Waals surface area contributed by atoms with E-state index in [4.69, 9.17) is 15.2 Å². The Morgan fingerprint density at radius 3 is 2.14 bits per heavy atom. The van der Waals surface area contributed by atoms with Crippen molar-refractivity contribution in [1.82, 2.24) is 10.6 Å². The lowest BCUT2D eigenvalue weighted by Gasteiger charge is -2.19. The summed E-state index contributed by atoms with van der Waals surface area (Å²) in [6, 6.07) is 17.4. The number of halogens is 2. The van der Waals surface area contributed by atoms with Crippen LogP contribution >= 0.6 is 0 Å². The van der Waals surface area contributed by atoms with Gasteiger partial charge in [0, 0.05) is 30.8 Å². The Morgan fingerprint density at radius 2 is 1.55 bits per heavy atom. The molecule has 3 aromatic rings. The lowest BCUT2D eigenvalue weighted by atomic mass is 10.0. The van der Waals surface area contributed by atoms with E-state index in [2.05, 4.69) is 15.6 Å². The van der Waals surface area contributed by atoms with Crippen molar-refractivity contribution in [3.8, 4) is 0 Å². The second-order valence-electron chi connectivity index (χ2n) is 9.74. The van der Waals surface area contributed by atoms with Gasteiger partial charge in [0.2, 0.25) is 0 Å². The minimum Gasteiger partial charge on any atom is -0.443 e. The first kappa shape index (κ1) is 31.9. The van der Waals surface area contributed by atoms with Gasteiger partial charge in [-0.25, -0.2) is 13.6 Å². The van der Waals surface area contributed by atoms with E-state index >= 15 is 0 Å². The molecule has 9 nitrogen and oxygen atoms in total. The summed E-state index contributed by atoms with van der Waals surface area (Å²) in [6.45, 7) is 5.79. The van der Waals surface area contributed by atoms with Gasteiger partial charge in [0.1, 0.15) is 24.1 Å². The highest BCUT2D eigenvalue weighted by Crippen LogP contribution is 2.26. The first-order valence-electron chi connectivity index (χ1n) is 13.4. The Bertz CT molecular complexity index is 1390. The van der Waals surface area contributed by atoms with Crippen molar-refractivity contribution in [2.24, 2.45) is 16.6 Å². The third-order valence-electron chi connectivity index (χ3n) is 5.98. The van der Waals surface area contributed by atoms with Crippen LogP contribution in [0.25, 0.3) is 0 Å². The zero-order valence-corrected chi connectivity index (χ0v) is 23.7. The summed E-state index contributed by atoms with van der Waals surface area (Å²) in [7, 11) is 0. The molecule has 0 aromatic heterocycles. The van der Waals surface area contributed by atoms with Crippen LogP contribution in [-0.2, 0) is 27.4 Å². The molecule has 0 bridgehead atoms. The van der Waals surface area contributed by atoms with Crippen LogP contribution in [0.5, 0.6) is 0 Å². The summed E-state index contributed by atoms with van der Waals surface area (Å²) in [5.74, 6) is -3.42. The van der Waals surface area contributed by atoms with Gasteiger partial charge in [-0.15, -0.1) is 0 Å². The van der Waals surface area contributed by atoms with E-state index < -0.39 is 41.2 Å². The van der Waals surface area contributed by atoms with Crippen LogP contribution in [0.2, 0.25) is 0 Å². The Hall–Kier alpha value is -4.64. The molecule has 1 atom stereocenters. The fourth-order valence-corrected chi connectivity index (χ4v) is 3.81. The molecular formula is C31H34F2N4O5. The molecule has 0 saturated carbocycles. The predicted octanol–water partition coefficient (Wildman–Crippen LogP) is 4.79. The SMILES string of the molecule is CCOC(C(=O)NCc1ccc(C(N)=NC(=O)OCc2ccccc2)cc1)c1c(F)cc(C(=O)NCC(C)C)cc1F. The summed E-state index contributed by atoms with van der Waals surface area (Å²) in [5, 5.41) is 5.21. The molecule has 1 unspecified atom stereocenters. The topological polar surface area (TPSA) is 132 Å². The van der Waals surface area contributed by atoms with Gasteiger partial charge in [-0.3, -0.25) is 9.59 Å². The number of rotatable bonds is 12. The standard InChI is InChI=1S/C31H34F2N4O5/c1-4-41-27(26-24(32)14-23(15-25(26)33)29(38)35-16-19(2)3)30(39)36-17-20-10-12-22(13-11-20)28(34)37-31(40)42-18-21-8-6-5-7-9-21/h5-15,19,27H,4,16-18H2,1-3H3,(H,35,38)(H,36,39)(H2,34,37,40). The minimum absolute atomic E-state index is 0.00862. The molecule has 0 aliphatic carbocycles. The summed E-state index contributed by atoms with van der Waals surface area (Å²) < 4.78 is 40.4. The minimum atomic E-state index is -1.58. The van der Waals surface area contributed by atoms with Crippen LogP contribution in [0.3, 0.4) is 0 Å². The Kier molecular flexibility index (Phi) is 11.7. The summed E-state index contributed by atoms with van der Waals surface area (Å²) in [5.41, 5.74) is 7.05. The molecule has 0 radical (unpaired) electrons. The molecule has 3 aromatic carbocycles. The van der Waals surface area contributed by atoms with Crippen molar-refractivity contribution in [3.05, 3.63) is 106 Å². The largest absolute Gasteiger partial charge is 0.443 e. The van der Waals surface area contributed by atoms with E-state index in [9.17, 15) is 23.2 Å². The predicted molar refractivity (Wildman–Crippen MR) is 154 cm³/mol. The lowest BCUT2D eigenvalue weighted by molar-refractivity contribution is -0.133. The van der Waals surface area contributed by atoms with Crippen molar-refractivity contribution in [2.45, 2.75) is 40.0 Å². The van der Waals surface area contributed by atoms with Gasteiger partial charge in [-0.2, -0.15) is 4.99 Å². The molecule has 0 heterocycles. The number of amides is 3. The molecule has 222 valence electrons. The zero-order chi connectivity index (χ0) is 30.6. The van der Waals surface area contributed by atoms with Crippen molar-refractivity contribution in [3.63, 3.8) is 0 Å². The summed E-state index contributed by atoms with van der Waals surface area (Å²) in [4.78, 5) is 40.9. The van der Waals surface area contributed by atoms with E-state index in [0.29, 0.717) is 17.7 Å². The van der Waals surface area contributed by atoms with Gasteiger partial charge in [-0.05, 0) is 36.1 Å². The molecule has 11 heteroatoms. The Labute approximate surface area is 243 Å². The second-order valence-corrected chi connectivity index (χ2v) is 9.74. The first-order chi connectivity index (χ1) is 20.1. The van der Waals surface area contributed by atoms with Gasteiger partial charge in [0.05, 0.1) is 5.56 Å². The maximum Gasteiger partial charge on any atom is 0.435 e. The van der Waals surface area contributed by atoms with E-state index in [1.165, 1.54) is 0 Å². The normalized spacial score (nSPS) is 12.1. The lowest BCUT2D eigenvalue weighted by Crippen LogP contribution is -2.32. The summed E-state index contributed by atoms with van der Waals surface area (Å²) >= 11 is 0. The van der Waals surface area contributed by atoms with Gasteiger partial charge in [-0.1, -0.05) is 68.4 Å². The van der Waals surface area contributed by atoms with Crippen LogP contribution in [-0.4, -0.2) is 36.9 Å². The van der Waals surface area contributed by atoms with E-state index in [1.807, 2.05) is 44.2 Å². The number of hydrogen-bond donors (Lipinski definition) is 3. The molecule has 0 spiro atoms. The van der Waals surface area contributed by atoms with E-state index in [-0.39, 0.29) is 37.1 Å². The number of carbonyl (C=O) groups is 3. The average molecular weight is 581 g/mol. The van der Waals surface area contributed by atoms with Crippen LogP contribution in [0.15, 0.2) is 71.7 Å². The average Bonchev–Trinajstić information content (AvgIpc) is 2.97. The Morgan fingerprint density at radius 1 is 0.905 bits per heavy atom. The molecule has 0 saturated heterocycles. The third-order valence-corrected chi connectivity index (χ3v) is 5.98. The van der Waals surface area contributed by atoms with Gasteiger partial charge >= 0.3 is 6.09 Å². The fourth-order valence-electron chi connectivity index (χ4n) is 3.81. The molecule has 0 aliphatic heterocycles. The number of nitrogens with zero attached hydrogens (tertiary/aromatic N) is 1. The van der Waals surface area contributed by atoms with Crippen LogP contribution in [0.4, 0.5) is 13.6 Å². The van der Waals surface area contributed by atoms with Crippen molar-refractivity contribution in [2.75, 3.05) is 13.2 Å². The smallest absolute Gasteiger partial charge is 0.435 e. The van der Waals surface area contributed by atoms with Gasteiger partial charge in [0.25, 0.3) is 11.8 Å². The van der Waals surface area contributed by atoms with Crippen LogP contribution < -0.4 is 16.4 Å². The van der Waals surface area contributed by atoms with Gasteiger partial charge < -0.3 is 25.8 Å². The Balaban J connectivity index is 1.62. The highest BCUT2D eigenvalue weighted by Gasteiger charge is 2.29. The maximum absolute atomic E-state index is 15.0. The number of benzene rings is 3. The van der Waals surface area contributed by atoms with E-state index in [0.717, 1.165) is 17.7 Å². The number of hydrogen-bond acceptors (Lipinski definition) is 5. The summed E-state index contributed by atoms with van der Waals surface area (Å²) in [6.07, 6.45) is -2.41. The fraction of sp³-hybridized carbons (Fsp3) is 0.290. The number of amidine groups is 1. The monoisotopic (exact) mass is 580 g/mol. The van der Waals surface area contributed by atoms with Gasteiger partial charge in [0.15, 0.2) is 6.10 Å². The molecule has 3 rings (SSSR count). The molecule has 42 heavy (non-hydrogen) atoms.